The van der Waals surface area contributed by atoms with Crippen molar-refractivity contribution in [1.29, 1.82) is 0 Å². The monoisotopic (exact) mass is 259 g/mol. The highest BCUT2D eigenvalue weighted by molar-refractivity contribution is 14.1. The molecule has 0 aliphatic rings. The molecule has 9 heavy (non-hydrogen) atoms. The van der Waals surface area contributed by atoms with Crippen LogP contribution in [0.4, 0.5) is 0 Å². The van der Waals surface area contributed by atoms with E-state index < -0.39 is 0 Å². The van der Waals surface area contributed by atoms with Gasteiger partial charge in [0.05, 0.1) is 4.43 Å². The molecule has 0 aliphatic carbocycles. The summed E-state index contributed by atoms with van der Waals surface area (Å²) in [6.07, 6.45) is 2.02. The zero-order valence-electron chi connectivity index (χ0n) is 5.32. The molecule has 0 saturated heterocycles. The first-order valence-corrected chi connectivity index (χ1v) is 5.54. The zero-order valence-corrected chi connectivity index (χ0v) is 8.29. The topological polar surface area (TPSA) is 29.1 Å². The first-order chi connectivity index (χ1) is 4.31. The van der Waals surface area contributed by atoms with Gasteiger partial charge >= 0.3 is 0 Å². The third-order valence-electron chi connectivity index (χ3n) is 0.750. The van der Waals surface area contributed by atoms with E-state index in [0.29, 0.717) is 4.43 Å². The van der Waals surface area contributed by atoms with Gasteiger partial charge in [-0.1, -0.05) is 22.6 Å². The van der Waals surface area contributed by atoms with Gasteiger partial charge in [-0.05, 0) is 6.26 Å². The van der Waals surface area contributed by atoms with Crippen LogP contribution in [0.5, 0.6) is 0 Å². The van der Waals surface area contributed by atoms with Crippen LogP contribution in [-0.4, -0.2) is 28.9 Å². The summed E-state index contributed by atoms with van der Waals surface area (Å²) in [5.74, 6) is 1.13. The molecule has 0 radical (unpaired) electrons. The van der Waals surface area contributed by atoms with Crippen molar-refractivity contribution < 1.29 is 4.79 Å². The molecule has 2 nitrogen and oxygen atoms in total. The molecule has 0 aromatic carbocycles. The first kappa shape index (κ1) is 9.55. The van der Waals surface area contributed by atoms with E-state index in [0.717, 1.165) is 12.3 Å². The van der Waals surface area contributed by atoms with Crippen LogP contribution in [0.3, 0.4) is 0 Å². The zero-order chi connectivity index (χ0) is 7.11. The molecular weight excluding hydrogens is 249 g/mol. The van der Waals surface area contributed by atoms with Gasteiger partial charge in [-0.15, -0.1) is 0 Å². The van der Waals surface area contributed by atoms with Crippen molar-refractivity contribution in [2.75, 3.05) is 23.0 Å². The number of thioether (sulfide) groups is 1. The Morgan fingerprint density at radius 2 is 2.44 bits per heavy atom. The molecule has 54 valence electrons. The molecule has 0 rings (SSSR count). The number of hydrogen-bond donors (Lipinski definition) is 1. The normalized spacial score (nSPS) is 9.11. The van der Waals surface area contributed by atoms with Crippen molar-refractivity contribution in [3.63, 3.8) is 0 Å². The van der Waals surface area contributed by atoms with Gasteiger partial charge in [0.15, 0.2) is 0 Å². The molecule has 1 amide bonds. The second-order valence-corrected chi connectivity index (χ2v) is 3.22. The largest absolute Gasteiger partial charge is 0.355 e. The highest BCUT2D eigenvalue weighted by Crippen LogP contribution is 1.87. The minimum absolute atomic E-state index is 0.129. The fourth-order valence-electron chi connectivity index (χ4n) is 0.340. The third-order valence-corrected chi connectivity index (χ3v) is 2.05. The molecule has 0 heterocycles. The number of carbonyl (C=O) groups is 1. The van der Waals surface area contributed by atoms with Crippen LogP contribution in [0.15, 0.2) is 0 Å². The summed E-state index contributed by atoms with van der Waals surface area (Å²) in [6.45, 7) is 0.795. The molecular formula is C5H10INOS. The summed E-state index contributed by atoms with van der Waals surface area (Å²) in [4.78, 5) is 10.6. The Balaban J connectivity index is 2.97. The van der Waals surface area contributed by atoms with E-state index in [4.69, 9.17) is 0 Å². The minimum atomic E-state index is 0.129. The van der Waals surface area contributed by atoms with Crippen molar-refractivity contribution in [2.45, 2.75) is 0 Å². The maximum absolute atomic E-state index is 10.6. The summed E-state index contributed by atoms with van der Waals surface area (Å²) in [5.41, 5.74) is 0. The van der Waals surface area contributed by atoms with Crippen molar-refractivity contribution in [3.05, 3.63) is 0 Å². The van der Waals surface area contributed by atoms with E-state index in [2.05, 4.69) is 5.32 Å². The highest BCUT2D eigenvalue weighted by Gasteiger charge is 1.93. The summed E-state index contributed by atoms with van der Waals surface area (Å²) in [5, 5.41) is 2.77. The molecule has 0 bridgehead atoms. The first-order valence-electron chi connectivity index (χ1n) is 2.63. The lowest BCUT2D eigenvalue weighted by molar-refractivity contribution is -0.118. The van der Waals surface area contributed by atoms with Gasteiger partial charge in [0.1, 0.15) is 0 Å². The Kier molecular flexibility index (Phi) is 7.07. The number of nitrogens with one attached hydrogen (secondary N) is 1. The summed E-state index contributed by atoms with van der Waals surface area (Å²) in [6, 6.07) is 0. The lowest BCUT2D eigenvalue weighted by Gasteiger charge is -1.98. The van der Waals surface area contributed by atoms with Crippen LogP contribution < -0.4 is 5.32 Å². The van der Waals surface area contributed by atoms with E-state index >= 15 is 0 Å². The van der Waals surface area contributed by atoms with E-state index in [1.807, 2.05) is 28.8 Å². The Hall–Kier alpha value is 0.550. The number of alkyl halides is 1. The SMILES string of the molecule is CSCCNC(=O)CI. The van der Waals surface area contributed by atoms with Crippen LogP contribution in [0.2, 0.25) is 0 Å². The standard InChI is InChI=1S/C5H10INOS/c1-9-3-2-7-5(8)4-6/h2-4H2,1H3,(H,7,8). The second-order valence-electron chi connectivity index (χ2n) is 1.48. The average molecular weight is 259 g/mol. The van der Waals surface area contributed by atoms with Crippen molar-refractivity contribution in [1.82, 2.24) is 5.32 Å². The average Bonchev–Trinajstić information content (AvgIpc) is 1.89. The van der Waals surface area contributed by atoms with Gasteiger partial charge in [-0.2, -0.15) is 11.8 Å². The van der Waals surface area contributed by atoms with E-state index in [1.54, 1.807) is 11.8 Å². The fraction of sp³-hybridized carbons (Fsp3) is 0.800. The molecule has 0 fully saturated rings. The van der Waals surface area contributed by atoms with Crippen LogP contribution in [-0.2, 0) is 4.79 Å². The predicted octanol–water partition coefficient (Wildman–Crippen LogP) is 0.901. The van der Waals surface area contributed by atoms with E-state index in [1.165, 1.54) is 0 Å². The van der Waals surface area contributed by atoms with Gasteiger partial charge in [0.25, 0.3) is 0 Å². The molecule has 0 aromatic rings. The minimum Gasteiger partial charge on any atom is -0.355 e. The fourth-order valence-corrected chi connectivity index (χ4v) is 0.916. The van der Waals surface area contributed by atoms with Crippen molar-refractivity contribution >= 4 is 40.3 Å². The Labute approximate surface area is 73.3 Å². The second kappa shape index (κ2) is 6.67. The van der Waals surface area contributed by atoms with E-state index in [-0.39, 0.29) is 5.91 Å². The van der Waals surface area contributed by atoms with Gasteiger partial charge in [0, 0.05) is 12.3 Å². The van der Waals surface area contributed by atoms with Crippen molar-refractivity contribution in [2.24, 2.45) is 0 Å². The Bertz CT molecular complexity index is 89.0. The van der Waals surface area contributed by atoms with Gasteiger partial charge in [-0.25, -0.2) is 0 Å². The Morgan fingerprint density at radius 1 is 1.78 bits per heavy atom. The van der Waals surface area contributed by atoms with Crippen LogP contribution >= 0.6 is 34.4 Å². The molecule has 0 atom stereocenters. The smallest absolute Gasteiger partial charge is 0.229 e. The molecule has 0 spiro atoms. The molecule has 0 aromatic heterocycles. The molecule has 0 aliphatic heterocycles. The van der Waals surface area contributed by atoms with Gasteiger partial charge in [-0.3, -0.25) is 4.79 Å². The summed E-state index contributed by atoms with van der Waals surface area (Å²) < 4.78 is 0.562. The molecule has 4 heteroatoms. The summed E-state index contributed by atoms with van der Waals surface area (Å²) >= 11 is 3.78. The molecule has 1 N–H and O–H groups in total. The number of carbonyl (C=O) groups excluding carboxylic acids is 1. The van der Waals surface area contributed by atoms with Crippen LogP contribution in [0, 0.1) is 0 Å². The molecule has 0 saturated carbocycles. The maximum Gasteiger partial charge on any atom is 0.229 e. The third kappa shape index (κ3) is 6.44. The molecule has 0 unspecified atom stereocenters. The number of halogens is 1. The van der Waals surface area contributed by atoms with Crippen LogP contribution in [0.25, 0.3) is 0 Å². The van der Waals surface area contributed by atoms with Crippen molar-refractivity contribution in [3.8, 4) is 0 Å². The number of amides is 1. The lowest BCUT2D eigenvalue weighted by atomic mass is 10.6. The van der Waals surface area contributed by atoms with E-state index in [9.17, 15) is 4.79 Å². The lowest BCUT2D eigenvalue weighted by Crippen LogP contribution is -2.26. The highest BCUT2D eigenvalue weighted by atomic mass is 127. The van der Waals surface area contributed by atoms with Crippen LogP contribution in [0.1, 0.15) is 0 Å². The van der Waals surface area contributed by atoms with Gasteiger partial charge in [0.2, 0.25) is 5.91 Å². The number of rotatable bonds is 4. The quantitative estimate of drug-likeness (QED) is 0.461. The number of hydrogen-bond acceptors (Lipinski definition) is 2. The predicted molar refractivity (Wildman–Crippen MR) is 50.3 cm³/mol. The Morgan fingerprint density at radius 3 is 2.89 bits per heavy atom. The van der Waals surface area contributed by atoms with Gasteiger partial charge < -0.3 is 5.32 Å². The summed E-state index contributed by atoms with van der Waals surface area (Å²) in [7, 11) is 0. The maximum atomic E-state index is 10.6.